The fourth-order valence-corrected chi connectivity index (χ4v) is 2.37. The van der Waals surface area contributed by atoms with Crippen molar-refractivity contribution in [3.8, 4) is 5.75 Å². The number of hydrogen-bond donors (Lipinski definition) is 3. The Bertz CT molecular complexity index is 774. The summed E-state index contributed by atoms with van der Waals surface area (Å²) in [5.74, 6) is -0.356. The molecule has 10 heteroatoms. The van der Waals surface area contributed by atoms with Gasteiger partial charge >= 0.3 is 12.2 Å². The van der Waals surface area contributed by atoms with Gasteiger partial charge in [0.2, 0.25) is 0 Å². The number of anilines is 2. The van der Waals surface area contributed by atoms with E-state index in [0.29, 0.717) is 6.07 Å². The van der Waals surface area contributed by atoms with Crippen LogP contribution in [-0.2, 0) is 6.18 Å². The van der Waals surface area contributed by atoms with Gasteiger partial charge in [-0.05, 0) is 30.3 Å². The lowest BCUT2D eigenvalue weighted by Crippen LogP contribution is -2.20. The predicted octanol–water partition coefficient (Wildman–Crippen LogP) is 6.02. The summed E-state index contributed by atoms with van der Waals surface area (Å²) in [4.78, 5) is 11.9. The van der Waals surface area contributed by atoms with Crippen LogP contribution in [0.4, 0.5) is 29.3 Å². The van der Waals surface area contributed by atoms with E-state index in [-0.39, 0.29) is 32.2 Å². The minimum atomic E-state index is -4.57. The van der Waals surface area contributed by atoms with Gasteiger partial charge in [-0.15, -0.1) is 0 Å². The van der Waals surface area contributed by atoms with E-state index >= 15 is 0 Å². The molecule has 0 radical (unpaired) electrons. The highest BCUT2D eigenvalue weighted by atomic mass is 35.5. The van der Waals surface area contributed by atoms with Crippen LogP contribution in [0.3, 0.4) is 0 Å². The number of aromatic hydroxyl groups is 1. The van der Waals surface area contributed by atoms with Crippen LogP contribution in [0.25, 0.3) is 0 Å². The molecule has 0 aliphatic rings. The molecule has 0 heterocycles. The molecule has 2 aromatic rings. The summed E-state index contributed by atoms with van der Waals surface area (Å²) in [5, 5.41) is 13.7. The van der Waals surface area contributed by atoms with Crippen LogP contribution >= 0.6 is 34.8 Å². The quantitative estimate of drug-likeness (QED) is 0.541. The maximum absolute atomic E-state index is 12.7. The molecule has 4 nitrogen and oxygen atoms in total. The molecule has 0 saturated carbocycles. The van der Waals surface area contributed by atoms with Crippen LogP contribution in [-0.4, -0.2) is 11.1 Å². The van der Waals surface area contributed by atoms with Gasteiger partial charge in [-0.1, -0.05) is 34.8 Å². The van der Waals surface area contributed by atoms with Crippen LogP contribution in [0, 0.1) is 0 Å². The summed E-state index contributed by atoms with van der Waals surface area (Å²) in [7, 11) is 0. The van der Waals surface area contributed by atoms with Gasteiger partial charge in [0.1, 0.15) is 0 Å². The van der Waals surface area contributed by atoms with E-state index in [1.807, 2.05) is 0 Å². The molecular weight excluding hydrogens is 392 g/mol. The van der Waals surface area contributed by atoms with Crippen molar-refractivity contribution in [3.05, 3.63) is 51.0 Å². The zero-order valence-electron chi connectivity index (χ0n) is 11.5. The number of carbonyl (C=O) groups is 1. The Morgan fingerprint density at radius 3 is 2.08 bits per heavy atom. The molecule has 0 aliphatic heterocycles. The van der Waals surface area contributed by atoms with Gasteiger partial charge in [-0.3, -0.25) is 0 Å². The molecule has 2 aromatic carbocycles. The fraction of sp³-hybridized carbons (Fsp3) is 0.0714. The Hall–Kier alpha value is -1.83. The summed E-state index contributed by atoms with van der Waals surface area (Å²) < 4.78 is 38.1. The first kappa shape index (κ1) is 18.5. The van der Waals surface area contributed by atoms with Crippen molar-refractivity contribution in [2.24, 2.45) is 0 Å². The van der Waals surface area contributed by atoms with Crippen LogP contribution < -0.4 is 10.6 Å². The molecule has 0 atom stereocenters. The molecule has 0 bridgehead atoms. The molecule has 0 unspecified atom stereocenters. The Morgan fingerprint density at radius 1 is 0.958 bits per heavy atom. The van der Waals surface area contributed by atoms with Crippen molar-refractivity contribution >= 4 is 52.2 Å². The standard InChI is InChI=1S/C14H8Cl3F3N2O2/c15-8-2-1-6(14(18,19)20)3-11(8)22-13(24)21-7-4-9(16)12(23)10(17)5-7/h1-5,23H,(H2,21,22,24). The van der Waals surface area contributed by atoms with E-state index in [0.717, 1.165) is 12.1 Å². The van der Waals surface area contributed by atoms with Crippen molar-refractivity contribution in [1.82, 2.24) is 0 Å². The average molecular weight is 400 g/mol. The number of amides is 2. The molecule has 3 N–H and O–H groups in total. The number of hydrogen-bond acceptors (Lipinski definition) is 2. The molecule has 24 heavy (non-hydrogen) atoms. The van der Waals surface area contributed by atoms with E-state index in [9.17, 15) is 23.1 Å². The number of urea groups is 1. The summed E-state index contributed by atoms with van der Waals surface area (Å²) >= 11 is 17.2. The lowest BCUT2D eigenvalue weighted by Gasteiger charge is -2.13. The van der Waals surface area contributed by atoms with Gasteiger partial charge in [0.15, 0.2) is 5.75 Å². The van der Waals surface area contributed by atoms with Gasteiger partial charge in [-0.25, -0.2) is 4.79 Å². The third-order valence-electron chi connectivity index (χ3n) is 2.82. The topological polar surface area (TPSA) is 61.4 Å². The van der Waals surface area contributed by atoms with E-state index in [1.54, 1.807) is 0 Å². The molecule has 0 saturated heterocycles. The first-order chi connectivity index (χ1) is 11.1. The minimum absolute atomic E-state index is 0.0695. The van der Waals surface area contributed by atoms with Gasteiger partial charge in [-0.2, -0.15) is 13.2 Å². The predicted molar refractivity (Wildman–Crippen MR) is 87.2 cm³/mol. The molecule has 0 aliphatic carbocycles. The average Bonchev–Trinajstić information content (AvgIpc) is 2.45. The van der Waals surface area contributed by atoms with Crippen molar-refractivity contribution in [3.63, 3.8) is 0 Å². The van der Waals surface area contributed by atoms with Crippen LogP contribution in [0.2, 0.25) is 15.1 Å². The molecule has 0 spiro atoms. The number of rotatable bonds is 2. The van der Waals surface area contributed by atoms with E-state index in [1.165, 1.54) is 12.1 Å². The summed E-state index contributed by atoms with van der Waals surface area (Å²) in [5.41, 5.74) is -1.05. The smallest absolute Gasteiger partial charge is 0.416 e. The minimum Gasteiger partial charge on any atom is -0.505 e. The van der Waals surface area contributed by atoms with Crippen molar-refractivity contribution < 1.29 is 23.1 Å². The lowest BCUT2D eigenvalue weighted by molar-refractivity contribution is -0.137. The third-order valence-corrected chi connectivity index (χ3v) is 3.72. The maximum Gasteiger partial charge on any atom is 0.416 e. The number of carbonyl (C=O) groups excluding carboxylic acids is 1. The Morgan fingerprint density at radius 2 is 1.54 bits per heavy atom. The molecule has 2 amide bonds. The largest absolute Gasteiger partial charge is 0.505 e. The maximum atomic E-state index is 12.7. The molecular formula is C14H8Cl3F3N2O2. The Balaban J connectivity index is 2.18. The van der Waals surface area contributed by atoms with Gasteiger partial charge < -0.3 is 15.7 Å². The Labute approximate surface area is 149 Å². The second-order valence-corrected chi connectivity index (χ2v) is 5.78. The molecule has 128 valence electrons. The Kier molecular flexibility index (Phi) is 5.37. The lowest BCUT2D eigenvalue weighted by atomic mass is 10.2. The second kappa shape index (κ2) is 6.96. The number of phenols is 1. The van der Waals surface area contributed by atoms with Gasteiger partial charge in [0.25, 0.3) is 0 Å². The molecule has 0 fully saturated rings. The SMILES string of the molecule is O=C(Nc1cc(Cl)c(O)c(Cl)c1)Nc1cc(C(F)(F)F)ccc1Cl. The van der Waals surface area contributed by atoms with Crippen molar-refractivity contribution in [2.45, 2.75) is 6.18 Å². The van der Waals surface area contributed by atoms with Crippen molar-refractivity contribution in [2.75, 3.05) is 10.6 Å². The number of phenolic OH excluding ortho intramolecular Hbond substituents is 1. The van der Waals surface area contributed by atoms with Gasteiger partial charge in [0.05, 0.1) is 26.3 Å². The normalized spacial score (nSPS) is 11.2. The zero-order valence-corrected chi connectivity index (χ0v) is 13.8. The first-order valence-electron chi connectivity index (χ1n) is 6.20. The number of alkyl halides is 3. The third kappa shape index (κ3) is 4.37. The van der Waals surface area contributed by atoms with Crippen LogP contribution in [0.1, 0.15) is 5.56 Å². The second-order valence-electron chi connectivity index (χ2n) is 4.56. The number of halogens is 6. The first-order valence-corrected chi connectivity index (χ1v) is 7.34. The summed E-state index contributed by atoms with van der Waals surface area (Å²) in [6.45, 7) is 0. The highest BCUT2D eigenvalue weighted by Crippen LogP contribution is 2.35. The summed E-state index contributed by atoms with van der Waals surface area (Å²) in [6, 6.07) is 4.10. The van der Waals surface area contributed by atoms with E-state index < -0.39 is 17.8 Å². The number of nitrogens with one attached hydrogen (secondary N) is 2. The summed E-state index contributed by atoms with van der Waals surface area (Å²) in [6.07, 6.45) is -4.57. The van der Waals surface area contributed by atoms with Crippen LogP contribution in [0.5, 0.6) is 5.75 Å². The van der Waals surface area contributed by atoms with Crippen LogP contribution in [0.15, 0.2) is 30.3 Å². The van der Waals surface area contributed by atoms with E-state index in [2.05, 4.69) is 10.6 Å². The highest BCUT2D eigenvalue weighted by Gasteiger charge is 2.31. The fourth-order valence-electron chi connectivity index (χ4n) is 1.72. The zero-order chi connectivity index (χ0) is 18.1. The monoisotopic (exact) mass is 398 g/mol. The van der Waals surface area contributed by atoms with Gasteiger partial charge in [0, 0.05) is 5.69 Å². The molecule has 0 aromatic heterocycles. The molecule has 2 rings (SSSR count). The van der Waals surface area contributed by atoms with Crippen molar-refractivity contribution in [1.29, 1.82) is 0 Å². The number of benzene rings is 2. The van der Waals surface area contributed by atoms with E-state index in [4.69, 9.17) is 34.8 Å². The highest BCUT2D eigenvalue weighted by molar-refractivity contribution is 6.37.